The highest BCUT2D eigenvalue weighted by atomic mass is 16.5. The van der Waals surface area contributed by atoms with Crippen molar-refractivity contribution in [2.24, 2.45) is 5.41 Å². The highest BCUT2D eigenvalue weighted by molar-refractivity contribution is 5.08. The predicted octanol–water partition coefficient (Wildman–Crippen LogP) is 3.14. The highest BCUT2D eigenvalue weighted by Gasteiger charge is 2.44. The lowest BCUT2D eigenvalue weighted by Crippen LogP contribution is -2.49. The molecule has 0 bridgehead atoms. The van der Waals surface area contributed by atoms with Gasteiger partial charge >= 0.3 is 0 Å². The fourth-order valence-corrected chi connectivity index (χ4v) is 2.97. The Bertz CT molecular complexity index is 411. The Morgan fingerprint density at radius 3 is 2.35 bits per heavy atom. The Balaban J connectivity index is 2.12. The van der Waals surface area contributed by atoms with Crippen LogP contribution in [0, 0.1) is 5.41 Å². The second-order valence-electron chi connectivity index (χ2n) is 7.74. The predicted molar refractivity (Wildman–Crippen MR) is 80.8 cm³/mol. The molecule has 1 fully saturated rings. The molecule has 4 nitrogen and oxygen atoms in total. The van der Waals surface area contributed by atoms with E-state index in [9.17, 15) is 0 Å². The molecule has 20 heavy (non-hydrogen) atoms. The maximum atomic E-state index is 6.01. The van der Waals surface area contributed by atoms with E-state index in [-0.39, 0.29) is 17.1 Å². The van der Waals surface area contributed by atoms with Gasteiger partial charge in [-0.2, -0.15) is 5.10 Å². The minimum Gasteiger partial charge on any atom is -0.472 e. The molecule has 0 aliphatic carbocycles. The van der Waals surface area contributed by atoms with Crippen LogP contribution in [0.25, 0.3) is 0 Å². The van der Waals surface area contributed by atoms with E-state index in [4.69, 9.17) is 4.74 Å². The average Bonchev–Trinajstić information content (AvgIpc) is 2.74. The number of hydrogen-bond acceptors (Lipinski definition) is 4. The molecule has 0 spiro atoms. The fraction of sp³-hybridized carbons (Fsp3) is 0.750. The summed E-state index contributed by atoms with van der Waals surface area (Å²) in [6.45, 7) is 14.7. The van der Waals surface area contributed by atoms with E-state index >= 15 is 0 Å². The first-order valence-electron chi connectivity index (χ1n) is 7.39. The van der Waals surface area contributed by atoms with Crippen LogP contribution in [0.1, 0.15) is 48.0 Å². The van der Waals surface area contributed by atoms with Gasteiger partial charge in [-0.3, -0.25) is 4.90 Å². The van der Waals surface area contributed by atoms with Gasteiger partial charge in [-0.15, -0.1) is 5.10 Å². The van der Waals surface area contributed by atoms with Crippen molar-refractivity contribution in [1.29, 1.82) is 0 Å². The number of aromatic nitrogens is 2. The van der Waals surface area contributed by atoms with E-state index in [0.29, 0.717) is 11.9 Å². The van der Waals surface area contributed by atoms with E-state index in [1.807, 2.05) is 12.1 Å². The Hall–Kier alpha value is -1.16. The first-order valence-corrected chi connectivity index (χ1v) is 7.39. The second-order valence-corrected chi connectivity index (χ2v) is 7.74. The lowest BCUT2D eigenvalue weighted by molar-refractivity contribution is 0.0557. The first-order chi connectivity index (χ1) is 9.18. The van der Waals surface area contributed by atoms with Crippen molar-refractivity contribution in [3.63, 3.8) is 0 Å². The number of ether oxygens (including phenoxy) is 1. The summed E-state index contributed by atoms with van der Waals surface area (Å²) < 4.78 is 6.01. The smallest absolute Gasteiger partial charge is 0.233 e. The van der Waals surface area contributed by atoms with Crippen LogP contribution in [0.5, 0.6) is 5.88 Å². The summed E-state index contributed by atoms with van der Waals surface area (Å²) in [6, 6.07) is 4.25. The zero-order valence-corrected chi connectivity index (χ0v) is 13.6. The van der Waals surface area contributed by atoms with Crippen LogP contribution in [0.15, 0.2) is 18.3 Å². The largest absolute Gasteiger partial charge is 0.472 e. The van der Waals surface area contributed by atoms with E-state index < -0.39 is 0 Å². The molecule has 0 aromatic carbocycles. The Kier molecular flexibility index (Phi) is 4.05. The monoisotopic (exact) mass is 277 g/mol. The van der Waals surface area contributed by atoms with Crippen LogP contribution in [0.3, 0.4) is 0 Å². The molecular formula is C16H27N3O. The normalized spacial score (nSPS) is 24.9. The quantitative estimate of drug-likeness (QED) is 0.832. The third kappa shape index (κ3) is 3.48. The van der Waals surface area contributed by atoms with Gasteiger partial charge in [0.05, 0.1) is 0 Å². The Labute approximate surface area is 122 Å². The molecule has 2 rings (SSSR count). The zero-order chi connectivity index (χ0) is 15.0. The number of nitrogens with zero attached hydrogens (tertiary/aromatic N) is 3. The molecule has 112 valence electrons. The molecule has 0 amide bonds. The average molecular weight is 277 g/mol. The molecule has 2 unspecified atom stereocenters. The van der Waals surface area contributed by atoms with Crippen molar-refractivity contribution in [3.05, 3.63) is 18.3 Å². The SMILES string of the molecule is CC(C)(C)C1CC(Oc2cccnn2)CN1C(C)(C)C. The van der Waals surface area contributed by atoms with Crippen LogP contribution >= 0.6 is 0 Å². The molecule has 1 aromatic rings. The lowest BCUT2D eigenvalue weighted by Gasteiger charge is -2.42. The minimum atomic E-state index is 0.151. The van der Waals surface area contributed by atoms with E-state index in [2.05, 4.69) is 56.6 Å². The summed E-state index contributed by atoms with van der Waals surface area (Å²) in [5.41, 5.74) is 0.395. The molecule has 4 heteroatoms. The molecule has 2 heterocycles. The van der Waals surface area contributed by atoms with Gasteiger partial charge in [-0.05, 0) is 32.3 Å². The molecule has 0 saturated carbocycles. The maximum Gasteiger partial charge on any atom is 0.233 e. The maximum absolute atomic E-state index is 6.01. The summed E-state index contributed by atoms with van der Waals surface area (Å²) in [7, 11) is 0. The van der Waals surface area contributed by atoms with Gasteiger partial charge in [0.15, 0.2) is 0 Å². The summed E-state index contributed by atoms with van der Waals surface area (Å²) in [4.78, 5) is 2.56. The molecular weight excluding hydrogens is 250 g/mol. The van der Waals surface area contributed by atoms with E-state index in [1.54, 1.807) is 6.20 Å². The Morgan fingerprint density at radius 2 is 1.90 bits per heavy atom. The topological polar surface area (TPSA) is 38.3 Å². The molecule has 1 aliphatic rings. The van der Waals surface area contributed by atoms with E-state index in [1.165, 1.54) is 0 Å². The lowest BCUT2D eigenvalue weighted by atomic mass is 9.83. The molecule has 2 atom stereocenters. The van der Waals surface area contributed by atoms with Crippen LogP contribution in [0.4, 0.5) is 0 Å². The van der Waals surface area contributed by atoms with Gasteiger partial charge in [-0.25, -0.2) is 0 Å². The van der Waals surface area contributed by atoms with Crippen LogP contribution < -0.4 is 4.74 Å². The first kappa shape index (κ1) is 15.2. The van der Waals surface area contributed by atoms with Crippen molar-refractivity contribution in [2.45, 2.75) is 65.6 Å². The van der Waals surface area contributed by atoms with Gasteiger partial charge in [0.25, 0.3) is 0 Å². The minimum absolute atomic E-state index is 0.151. The van der Waals surface area contributed by atoms with Gasteiger partial charge in [0.2, 0.25) is 5.88 Å². The number of hydrogen-bond donors (Lipinski definition) is 0. The fourth-order valence-electron chi connectivity index (χ4n) is 2.97. The molecule has 1 aliphatic heterocycles. The summed E-state index contributed by atoms with van der Waals surface area (Å²) in [6.07, 6.45) is 2.90. The van der Waals surface area contributed by atoms with E-state index in [0.717, 1.165) is 13.0 Å². The second kappa shape index (κ2) is 5.32. The molecule has 0 radical (unpaired) electrons. The summed E-state index contributed by atoms with van der Waals surface area (Å²) in [5, 5.41) is 7.90. The van der Waals surface area contributed by atoms with Gasteiger partial charge in [0.1, 0.15) is 6.10 Å². The molecule has 1 aromatic heterocycles. The summed E-state index contributed by atoms with van der Waals surface area (Å²) >= 11 is 0. The standard InChI is InChI=1S/C16H27N3O/c1-15(2,3)13-10-12(11-19(13)16(4,5)6)20-14-8-7-9-17-18-14/h7-9,12-13H,10-11H2,1-6H3. The van der Waals surface area contributed by atoms with Gasteiger partial charge in [0, 0.05) is 36.8 Å². The van der Waals surface area contributed by atoms with Crippen LogP contribution in [-0.4, -0.2) is 39.3 Å². The van der Waals surface area contributed by atoms with Crippen molar-refractivity contribution in [3.8, 4) is 5.88 Å². The van der Waals surface area contributed by atoms with Crippen molar-refractivity contribution < 1.29 is 4.74 Å². The van der Waals surface area contributed by atoms with Crippen LogP contribution in [-0.2, 0) is 0 Å². The van der Waals surface area contributed by atoms with Gasteiger partial charge in [-0.1, -0.05) is 20.8 Å². The zero-order valence-electron chi connectivity index (χ0n) is 13.6. The molecule has 1 saturated heterocycles. The summed E-state index contributed by atoms with van der Waals surface area (Å²) in [5.74, 6) is 0.626. The third-order valence-corrected chi connectivity index (χ3v) is 3.96. The highest BCUT2D eigenvalue weighted by Crippen LogP contribution is 2.38. The number of rotatable bonds is 2. The van der Waals surface area contributed by atoms with Crippen molar-refractivity contribution >= 4 is 0 Å². The van der Waals surface area contributed by atoms with Crippen LogP contribution in [0.2, 0.25) is 0 Å². The van der Waals surface area contributed by atoms with Gasteiger partial charge < -0.3 is 4.74 Å². The Morgan fingerprint density at radius 1 is 1.20 bits per heavy atom. The van der Waals surface area contributed by atoms with Crippen molar-refractivity contribution in [2.75, 3.05) is 6.54 Å². The van der Waals surface area contributed by atoms with Crippen molar-refractivity contribution in [1.82, 2.24) is 15.1 Å². The molecule has 0 N–H and O–H groups in total. The number of likely N-dealkylation sites (tertiary alicyclic amines) is 1. The third-order valence-electron chi connectivity index (χ3n) is 3.96.